The van der Waals surface area contributed by atoms with Gasteiger partial charge in [0.05, 0.1) is 5.41 Å². The third kappa shape index (κ3) is 2.53. The van der Waals surface area contributed by atoms with Gasteiger partial charge < -0.3 is 5.73 Å². The summed E-state index contributed by atoms with van der Waals surface area (Å²) in [5.74, 6) is -1.73. The minimum absolute atomic E-state index is 0.105. The number of allylic oxidation sites excluding steroid dienone is 2. The highest BCUT2D eigenvalue weighted by atomic mass is 19.1. The number of primary amides is 1. The number of benzene rings is 1. The number of carbonyl (C=O) groups excluding carboxylic acids is 1. The molecule has 0 radical (unpaired) electrons. The van der Waals surface area contributed by atoms with Crippen LogP contribution in [0.2, 0.25) is 0 Å². The van der Waals surface area contributed by atoms with Gasteiger partial charge in [-0.1, -0.05) is 19.9 Å². The molecule has 1 aromatic rings. The first-order chi connectivity index (χ1) is 8.82. The number of hydrogen-bond donors (Lipinski definition) is 1. The van der Waals surface area contributed by atoms with Gasteiger partial charge in [0.25, 0.3) is 0 Å². The van der Waals surface area contributed by atoms with Crippen LogP contribution in [0.1, 0.15) is 32.3 Å². The molecule has 2 nitrogen and oxygen atoms in total. The van der Waals surface area contributed by atoms with E-state index in [1.54, 1.807) is 13.8 Å². The second-order valence-electron chi connectivity index (χ2n) is 5.53. The van der Waals surface area contributed by atoms with Gasteiger partial charge in [-0.2, -0.15) is 0 Å². The van der Waals surface area contributed by atoms with Gasteiger partial charge in [-0.05, 0) is 42.0 Å². The third-order valence-electron chi connectivity index (χ3n) is 3.90. The number of hydrogen-bond acceptors (Lipinski definition) is 1. The van der Waals surface area contributed by atoms with Crippen LogP contribution >= 0.6 is 0 Å². The first kappa shape index (κ1) is 13.7. The van der Waals surface area contributed by atoms with Gasteiger partial charge in [0, 0.05) is 6.07 Å². The van der Waals surface area contributed by atoms with Crippen LogP contribution < -0.4 is 5.73 Å². The Kier molecular flexibility index (Phi) is 3.43. The van der Waals surface area contributed by atoms with E-state index in [2.05, 4.69) is 0 Å². The molecule has 0 saturated carbocycles. The van der Waals surface area contributed by atoms with Crippen molar-refractivity contribution in [1.82, 2.24) is 0 Å². The standard InChI is InChI=1S/C15H17F2NO/c1-15(2,14(18)19)13-5-3-4-12(13)9-6-10(16)8-11(17)7-9/h4,6-8,13H,3,5H2,1-2H3,(H2,18,19). The average Bonchev–Trinajstić information content (AvgIpc) is 2.76. The Hall–Kier alpha value is -1.71. The molecule has 0 aliphatic heterocycles. The topological polar surface area (TPSA) is 43.1 Å². The van der Waals surface area contributed by atoms with Crippen molar-refractivity contribution in [2.45, 2.75) is 26.7 Å². The minimum atomic E-state index is -0.731. The summed E-state index contributed by atoms with van der Waals surface area (Å²) < 4.78 is 26.6. The lowest BCUT2D eigenvalue weighted by atomic mass is 9.73. The molecule has 1 aliphatic rings. The van der Waals surface area contributed by atoms with Gasteiger partial charge in [0.1, 0.15) is 11.6 Å². The van der Waals surface area contributed by atoms with E-state index in [-0.39, 0.29) is 5.92 Å². The van der Waals surface area contributed by atoms with E-state index in [1.807, 2.05) is 6.08 Å². The SMILES string of the molecule is CC(C)(C(N)=O)C1CCC=C1c1cc(F)cc(F)c1. The van der Waals surface area contributed by atoms with Gasteiger partial charge in [-0.25, -0.2) is 8.78 Å². The smallest absolute Gasteiger partial charge is 0.223 e. The fraction of sp³-hybridized carbons (Fsp3) is 0.400. The molecule has 0 saturated heterocycles. The van der Waals surface area contributed by atoms with Crippen molar-refractivity contribution in [3.63, 3.8) is 0 Å². The highest BCUT2D eigenvalue weighted by Gasteiger charge is 2.39. The van der Waals surface area contributed by atoms with Crippen molar-refractivity contribution in [2.24, 2.45) is 17.1 Å². The first-order valence-corrected chi connectivity index (χ1v) is 6.29. The third-order valence-corrected chi connectivity index (χ3v) is 3.90. The van der Waals surface area contributed by atoms with E-state index < -0.39 is 23.0 Å². The number of rotatable bonds is 3. The number of nitrogens with two attached hydrogens (primary N) is 1. The quantitative estimate of drug-likeness (QED) is 0.895. The van der Waals surface area contributed by atoms with E-state index in [4.69, 9.17) is 5.73 Å². The second kappa shape index (κ2) is 4.76. The molecule has 0 aromatic heterocycles. The molecule has 1 amide bonds. The summed E-state index contributed by atoms with van der Waals surface area (Å²) in [4.78, 5) is 11.6. The van der Waals surface area contributed by atoms with Crippen LogP contribution in [0, 0.1) is 23.0 Å². The predicted octanol–water partition coefficient (Wildman–Crippen LogP) is 3.27. The average molecular weight is 265 g/mol. The van der Waals surface area contributed by atoms with E-state index in [0.29, 0.717) is 5.56 Å². The maximum Gasteiger partial charge on any atom is 0.223 e. The van der Waals surface area contributed by atoms with E-state index in [0.717, 1.165) is 24.5 Å². The Balaban J connectivity index is 2.41. The lowest BCUT2D eigenvalue weighted by Gasteiger charge is -2.30. The Bertz CT molecular complexity index is 529. The summed E-state index contributed by atoms with van der Waals surface area (Å²) >= 11 is 0. The maximum absolute atomic E-state index is 13.3. The Morgan fingerprint density at radius 3 is 2.37 bits per heavy atom. The number of carbonyl (C=O) groups is 1. The Morgan fingerprint density at radius 1 is 1.26 bits per heavy atom. The van der Waals surface area contributed by atoms with Crippen LogP contribution in [-0.4, -0.2) is 5.91 Å². The van der Waals surface area contributed by atoms with Crippen molar-refractivity contribution in [2.75, 3.05) is 0 Å². The highest BCUT2D eigenvalue weighted by Crippen LogP contribution is 2.44. The molecule has 0 fully saturated rings. The van der Waals surface area contributed by atoms with Crippen LogP contribution in [0.25, 0.3) is 5.57 Å². The lowest BCUT2D eigenvalue weighted by molar-refractivity contribution is -0.127. The molecule has 1 atom stereocenters. The fourth-order valence-corrected chi connectivity index (χ4v) is 2.66. The zero-order valence-corrected chi connectivity index (χ0v) is 11.0. The Labute approximate surface area is 111 Å². The highest BCUT2D eigenvalue weighted by molar-refractivity contribution is 5.84. The van der Waals surface area contributed by atoms with Crippen LogP contribution in [0.15, 0.2) is 24.3 Å². The van der Waals surface area contributed by atoms with E-state index in [9.17, 15) is 13.6 Å². The van der Waals surface area contributed by atoms with E-state index >= 15 is 0 Å². The fourth-order valence-electron chi connectivity index (χ4n) is 2.66. The van der Waals surface area contributed by atoms with E-state index in [1.165, 1.54) is 12.1 Å². The van der Waals surface area contributed by atoms with Gasteiger partial charge in [0.2, 0.25) is 5.91 Å². The van der Waals surface area contributed by atoms with Crippen LogP contribution in [0.3, 0.4) is 0 Å². The normalized spacial score (nSPS) is 19.4. The molecule has 102 valence electrons. The van der Waals surface area contributed by atoms with Crippen molar-refractivity contribution in [1.29, 1.82) is 0 Å². The molecular weight excluding hydrogens is 248 g/mol. The van der Waals surface area contributed by atoms with Crippen molar-refractivity contribution in [3.8, 4) is 0 Å². The second-order valence-corrected chi connectivity index (χ2v) is 5.53. The summed E-state index contributed by atoms with van der Waals surface area (Å²) in [6.07, 6.45) is 3.49. The van der Waals surface area contributed by atoms with Gasteiger partial charge in [-0.15, -0.1) is 0 Å². The monoisotopic (exact) mass is 265 g/mol. The number of amides is 1. The summed E-state index contributed by atoms with van der Waals surface area (Å²) in [5.41, 5.74) is 6.01. The van der Waals surface area contributed by atoms with Crippen molar-refractivity contribution >= 4 is 11.5 Å². The molecule has 2 rings (SSSR count). The van der Waals surface area contributed by atoms with Gasteiger partial charge in [-0.3, -0.25) is 4.79 Å². The predicted molar refractivity (Wildman–Crippen MR) is 70.0 cm³/mol. The molecule has 1 unspecified atom stereocenters. The van der Waals surface area contributed by atoms with Crippen molar-refractivity contribution in [3.05, 3.63) is 41.5 Å². The molecule has 0 heterocycles. The maximum atomic E-state index is 13.3. The van der Waals surface area contributed by atoms with Crippen LogP contribution in [-0.2, 0) is 4.79 Å². The summed E-state index contributed by atoms with van der Waals surface area (Å²) in [6.45, 7) is 3.55. The molecule has 4 heteroatoms. The van der Waals surface area contributed by atoms with Crippen molar-refractivity contribution < 1.29 is 13.6 Å². The largest absolute Gasteiger partial charge is 0.369 e. The summed E-state index contributed by atoms with van der Waals surface area (Å²) in [5, 5.41) is 0. The summed E-state index contributed by atoms with van der Waals surface area (Å²) in [7, 11) is 0. The zero-order chi connectivity index (χ0) is 14.2. The minimum Gasteiger partial charge on any atom is -0.369 e. The van der Waals surface area contributed by atoms with Gasteiger partial charge >= 0.3 is 0 Å². The van der Waals surface area contributed by atoms with Crippen LogP contribution in [0.5, 0.6) is 0 Å². The molecule has 19 heavy (non-hydrogen) atoms. The Morgan fingerprint density at radius 2 is 1.84 bits per heavy atom. The molecule has 0 spiro atoms. The molecular formula is C15H17F2NO. The molecule has 1 aliphatic carbocycles. The lowest BCUT2D eigenvalue weighted by Crippen LogP contribution is -2.38. The summed E-state index contributed by atoms with van der Waals surface area (Å²) in [6, 6.07) is 3.43. The molecule has 1 aromatic carbocycles. The molecule has 0 bridgehead atoms. The zero-order valence-electron chi connectivity index (χ0n) is 11.0. The van der Waals surface area contributed by atoms with Gasteiger partial charge in [0.15, 0.2) is 0 Å². The van der Waals surface area contributed by atoms with Crippen LogP contribution in [0.4, 0.5) is 8.78 Å². The first-order valence-electron chi connectivity index (χ1n) is 6.29. The number of halogens is 2. The molecule has 2 N–H and O–H groups in total.